The van der Waals surface area contributed by atoms with Crippen molar-refractivity contribution in [1.29, 1.82) is 0 Å². The molecule has 0 saturated carbocycles. The van der Waals surface area contributed by atoms with Crippen LogP contribution in [-0.2, 0) is 4.74 Å². The summed E-state index contributed by atoms with van der Waals surface area (Å²) in [4.78, 5) is 24.2. The summed E-state index contributed by atoms with van der Waals surface area (Å²) in [6.45, 7) is 9.67. The number of nitrogens with one attached hydrogen (secondary N) is 1. The Morgan fingerprint density at radius 1 is 1.15 bits per heavy atom. The molecule has 0 bridgehead atoms. The van der Waals surface area contributed by atoms with E-state index in [1.165, 1.54) is 0 Å². The van der Waals surface area contributed by atoms with E-state index in [0.717, 1.165) is 29.4 Å². The van der Waals surface area contributed by atoms with Gasteiger partial charge in [-0.3, -0.25) is 0 Å². The van der Waals surface area contributed by atoms with Crippen LogP contribution in [-0.4, -0.2) is 59.9 Å². The Hall–Kier alpha value is -3.63. The molecule has 3 heterocycles. The van der Waals surface area contributed by atoms with E-state index in [2.05, 4.69) is 21.4 Å². The van der Waals surface area contributed by atoms with Crippen molar-refractivity contribution in [2.24, 2.45) is 11.1 Å². The average molecular weight is 535 g/mol. The highest BCUT2D eigenvalue weighted by Crippen LogP contribution is 2.42. The van der Waals surface area contributed by atoms with Crippen molar-refractivity contribution >= 4 is 28.5 Å². The summed E-state index contributed by atoms with van der Waals surface area (Å²) in [7, 11) is 1.54. The van der Waals surface area contributed by atoms with Crippen molar-refractivity contribution in [2.75, 3.05) is 37.9 Å². The molecular weight excluding hydrogens is 496 g/mol. The fraction of sp³-hybridized carbons (Fsp3) is 0.483. The van der Waals surface area contributed by atoms with Crippen LogP contribution in [0.2, 0.25) is 0 Å². The smallest absolute Gasteiger partial charge is 0.415 e. The number of likely N-dealkylation sites (tertiary alicyclic amines) is 1. The number of rotatable bonds is 5. The van der Waals surface area contributed by atoms with Crippen molar-refractivity contribution in [2.45, 2.75) is 58.7 Å². The number of carbonyl (C=O) groups excluding carboxylic acids is 1. The van der Waals surface area contributed by atoms with Crippen LogP contribution < -0.4 is 26.3 Å². The number of benzene rings is 2. The molecule has 2 aliphatic rings. The lowest BCUT2D eigenvalue weighted by Gasteiger charge is -2.40. The minimum absolute atomic E-state index is 0.0238. The van der Waals surface area contributed by atoms with Crippen LogP contribution in [0.1, 0.15) is 49.7 Å². The maximum atomic E-state index is 13.2. The summed E-state index contributed by atoms with van der Waals surface area (Å²) in [6.07, 6.45) is 1.18. The van der Waals surface area contributed by atoms with E-state index < -0.39 is 6.09 Å². The number of nitrogens with zero attached hydrogens (tertiary/aromatic N) is 3. The molecule has 10 nitrogen and oxygen atoms in total. The molecule has 10 heteroatoms. The Bertz CT molecular complexity index is 1370. The number of nitrogens with two attached hydrogens (primary N) is 2. The first kappa shape index (κ1) is 27.0. The molecule has 39 heavy (non-hydrogen) atoms. The van der Waals surface area contributed by atoms with Crippen LogP contribution in [0.4, 0.5) is 16.3 Å². The van der Waals surface area contributed by atoms with Gasteiger partial charge in [0.05, 0.1) is 31.4 Å². The quantitative estimate of drug-likeness (QED) is 0.408. The van der Waals surface area contributed by atoms with Gasteiger partial charge >= 0.3 is 6.09 Å². The van der Waals surface area contributed by atoms with E-state index in [1.54, 1.807) is 24.1 Å². The predicted molar refractivity (Wildman–Crippen MR) is 151 cm³/mol. The van der Waals surface area contributed by atoms with E-state index in [-0.39, 0.29) is 23.6 Å². The highest BCUT2D eigenvalue weighted by molar-refractivity contribution is 5.92. The fourth-order valence-electron chi connectivity index (χ4n) is 5.75. The molecule has 208 valence electrons. The van der Waals surface area contributed by atoms with Crippen molar-refractivity contribution in [1.82, 2.24) is 14.9 Å². The molecule has 1 spiro atoms. The molecule has 0 aliphatic carbocycles. The summed E-state index contributed by atoms with van der Waals surface area (Å²) in [5.74, 6) is 1.98. The molecule has 3 aromatic rings. The second-order valence-corrected chi connectivity index (χ2v) is 10.9. The van der Waals surface area contributed by atoms with Gasteiger partial charge in [0.15, 0.2) is 11.5 Å². The SMILES string of the molecule is COc1cc2nc(C)nc(N[C@H](C)c3cc(C)cc(N)c3)c2cc1OC(=O)N1CCC2(CC1)COC(C)C2N. The minimum Gasteiger partial charge on any atom is -0.493 e. The molecule has 1 aromatic heterocycles. The molecule has 2 fully saturated rings. The highest BCUT2D eigenvalue weighted by Gasteiger charge is 2.48. The monoisotopic (exact) mass is 534 g/mol. The Labute approximate surface area is 229 Å². The second-order valence-electron chi connectivity index (χ2n) is 10.9. The number of aromatic nitrogens is 2. The Kier molecular flexibility index (Phi) is 7.26. The second kappa shape index (κ2) is 10.5. The first-order valence-corrected chi connectivity index (χ1v) is 13.4. The van der Waals surface area contributed by atoms with Crippen LogP contribution in [0.5, 0.6) is 11.5 Å². The van der Waals surface area contributed by atoms with Gasteiger partial charge in [0.1, 0.15) is 11.6 Å². The lowest BCUT2D eigenvalue weighted by Crippen LogP contribution is -2.52. The van der Waals surface area contributed by atoms with Crippen molar-refractivity contribution < 1.29 is 19.0 Å². The largest absolute Gasteiger partial charge is 0.493 e. The predicted octanol–water partition coefficient (Wildman–Crippen LogP) is 4.34. The zero-order chi connectivity index (χ0) is 27.9. The first-order chi connectivity index (χ1) is 18.6. The number of hydrogen-bond acceptors (Lipinski definition) is 9. The van der Waals surface area contributed by atoms with Crippen LogP contribution in [0.25, 0.3) is 10.9 Å². The van der Waals surface area contributed by atoms with Gasteiger partial charge in [-0.05, 0) is 69.9 Å². The first-order valence-electron chi connectivity index (χ1n) is 13.4. The van der Waals surface area contributed by atoms with Gasteiger partial charge in [-0.2, -0.15) is 0 Å². The van der Waals surface area contributed by atoms with Crippen LogP contribution in [0.3, 0.4) is 0 Å². The number of ether oxygens (including phenoxy) is 3. The summed E-state index contributed by atoms with van der Waals surface area (Å²) in [5.41, 5.74) is 16.0. The summed E-state index contributed by atoms with van der Waals surface area (Å²) < 4.78 is 17.3. The van der Waals surface area contributed by atoms with Gasteiger partial charge in [0.2, 0.25) is 0 Å². The van der Waals surface area contributed by atoms with Gasteiger partial charge in [-0.1, -0.05) is 6.07 Å². The average Bonchev–Trinajstić information content (AvgIpc) is 3.16. The molecule has 1 amide bonds. The molecular formula is C29H38N6O4. The van der Waals surface area contributed by atoms with Gasteiger partial charge < -0.3 is 35.9 Å². The number of aryl methyl sites for hydroxylation is 2. The maximum absolute atomic E-state index is 13.2. The number of carbonyl (C=O) groups is 1. The van der Waals surface area contributed by atoms with Crippen LogP contribution in [0.15, 0.2) is 30.3 Å². The van der Waals surface area contributed by atoms with Crippen molar-refractivity contribution in [3.05, 3.63) is 47.3 Å². The lowest BCUT2D eigenvalue weighted by molar-refractivity contribution is 0.0669. The number of amides is 1. The highest BCUT2D eigenvalue weighted by atomic mass is 16.6. The standard InChI is InChI=1S/C29H38N6O4/c1-16-10-20(12-21(30)11-16)17(2)32-27-22-13-25(24(37-5)14-23(22)33-19(4)34-27)39-28(36)35-8-6-29(7-9-35)15-38-18(3)26(29)31/h10-14,17-18,26H,6-9,15,30-31H2,1-5H3,(H,32,33,34)/t17-,18?,26?/m1/s1. The lowest BCUT2D eigenvalue weighted by atomic mass is 9.73. The zero-order valence-electron chi connectivity index (χ0n) is 23.3. The van der Waals surface area contributed by atoms with Crippen molar-refractivity contribution in [3.63, 3.8) is 0 Å². The molecule has 5 rings (SSSR count). The van der Waals surface area contributed by atoms with Crippen LogP contribution in [0, 0.1) is 19.3 Å². The molecule has 3 atom stereocenters. The molecule has 0 radical (unpaired) electrons. The molecule has 2 saturated heterocycles. The number of anilines is 2. The van der Waals surface area contributed by atoms with Crippen molar-refractivity contribution in [3.8, 4) is 11.5 Å². The number of hydrogen-bond donors (Lipinski definition) is 3. The third-order valence-corrected chi connectivity index (χ3v) is 8.13. The van der Waals surface area contributed by atoms with E-state index in [1.807, 2.05) is 39.8 Å². The van der Waals surface area contributed by atoms with Gasteiger partial charge in [0, 0.05) is 41.7 Å². The summed E-state index contributed by atoms with van der Waals surface area (Å²) in [5, 5.41) is 4.21. The Balaban J connectivity index is 1.38. The molecule has 2 unspecified atom stereocenters. The van der Waals surface area contributed by atoms with E-state index in [4.69, 9.17) is 25.7 Å². The fourth-order valence-corrected chi connectivity index (χ4v) is 5.75. The third-order valence-electron chi connectivity index (χ3n) is 8.13. The molecule has 5 N–H and O–H groups in total. The van der Waals surface area contributed by atoms with Crippen LogP contribution >= 0.6 is 0 Å². The molecule has 2 aromatic carbocycles. The third kappa shape index (κ3) is 5.31. The number of piperidine rings is 1. The Morgan fingerprint density at radius 3 is 2.54 bits per heavy atom. The topological polar surface area (TPSA) is 138 Å². The Morgan fingerprint density at radius 2 is 1.90 bits per heavy atom. The minimum atomic E-state index is -0.422. The number of nitrogen functional groups attached to an aromatic ring is 1. The van der Waals surface area contributed by atoms with E-state index in [0.29, 0.717) is 54.0 Å². The summed E-state index contributed by atoms with van der Waals surface area (Å²) in [6, 6.07) is 9.41. The summed E-state index contributed by atoms with van der Waals surface area (Å²) >= 11 is 0. The van der Waals surface area contributed by atoms with Gasteiger partial charge in [-0.15, -0.1) is 0 Å². The normalized spacial score (nSPS) is 21.2. The van der Waals surface area contributed by atoms with E-state index in [9.17, 15) is 4.79 Å². The van der Waals surface area contributed by atoms with Gasteiger partial charge in [-0.25, -0.2) is 14.8 Å². The number of methoxy groups -OCH3 is 1. The zero-order valence-corrected chi connectivity index (χ0v) is 23.3. The molecule has 2 aliphatic heterocycles. The maximum Gasteiger partial charge on any atom is 0.415 e. The van der Waals surface area contributed by atoms with E-state index >= 15 is 0 Å². The van der Waals surface area contributed by atoms with Gasteiger partial charge in [0.25, 0.3) is 0 Å². The number of fused-ring (bicyclic) bond motifs is 1.